The first-order valence-electron chi connectivity index (χ1n) is 5.85. The Morgan fingerprint density at radius 3 is 2.88 bits per heavy atom. The summed E-state index contributed by atoms with van der Waals surface area (Å²) < 4.78 is 0. The number of hydrogen-bond acceptors (Lipinski definition) is 3. The van der Waals surface area contributed by atoms with Crippen molar-refractivity contribution in [2.45, 2.75) is 32.7 Å². The monoisotopic (exact) mass is 215 g/mol. The first kappa shape index (κ1) is 10.9. The fourth-order valence-electron chi connectivity index (χ4n) is 2.32. The molecule has 0 saturated carbocycles. The lowest BCUT2D eigenvalue weighted by Gasteiger charge is -2.39. The predicted molar refractivity (Wildman–Crippen MR) is 64.2 cm³/mol. The average molecular weight is 215 g/mol. The van der Waals surface area contributed by atoms with E-state index < -0.39 is 0 Å². The molecule has 3 nitrogen and oxygen atoms in total. The first-order valence-corrected chi connectivity index (χ1v) is 5.85. The van der Waals surface area contributed by atoms with Crippen molar-refractivity contribution >= 4 is 5.69 Å². The molecule has 0 amide bonds. The highest BCUT2D eigenvalue weighted by molar-refractivity contribution is 5.47. The van der Waals surface area contributed by atoms with Gasteiger partial charge < -0.3 is 4.90 Å². The molecule has 2 heterocycles. The van der Waals surface area contributed by atoms with Gasteiger partial charge in [0, 0.05) is 12.6 Å². The van der Waals surface area contributed by atoms with E-state index in [4.69, 9.17) is 5.26 Å². The van der Waals surface area contributed by atoms with Crippen molar-refractivity contribution in [2.75, 3.05) is 11.4 Å². The molecule has 1 aromatic heterocycles. The van der Waals surface area contributed by atoms with Gasteiger partial charge in [-0.05, 0) is 37.8 Å². The zero-order valence-electron chi connectivity index (χ0n) is 9.85. The maximum absolute atomic E-state index is 8.71. The van der Waals surface area contributed by atoms with E-state index in [9.17, 15) is 0 Å². The lowest BCUT2D eigenvalue weighted by Crippen LogP contribution is -2.42. The second-order valence-corrected chi connectivity index (χ2v) is 4.57. The van der Waals surface area contributed by atoms with Gasteiger partial charge in [0.1, 0.15) is 11.8 Å². The second-order valence-electron chi connectivity index (χ2n) is 4.57. The Balaban J connectivity index is 2.19. The van der Waals surface area contributed by atoms with E-state index in [1.807, 2.05) is 18.3 Å². The van der Waals surface area contributed by atoms with Crippen LogP contribution in [0.3, 0.4) is 0 Å². The molecule has 1 saturated heterocycles. The number of aromatic nitrogens is 1. The zero-order chi connectivity index (χ0) is 11.5. The molecule has 16 heavy (non-hydrogen) atoms. The first-order chi connectivity index (χ1) is 7.72. The van der Waals surface area contributed by atoms with E-state index in [2.05, 4.69) is 23.7 Å². The predicted octanol–water partition coefficient (Wildman–Crippen LogP) is 2.58. The van der Waals surface area contributed by atoms with Crippen molar-refractivity contribution in [3.8, 4) is 6.07 Å². The van der Waals surface area contributed by atoms with Crippen LogP contribution >= 0.6 is 0 Å². The normalized spacial score (nSPS) is 25.2. The highest BCUT2D eigenvalue weighted by Crippen LogP contribution is 2.27. The van der Waals surface area contributed by atoms with E-state index >= 15 is 0 Å². The minimum Gasteiger partial charge on any atom is -0.367 e. The third kappa shape index (κ3) is 2.01. The Morgan fingerprint density at radius 2 is 2.25 bits per heavy atom. The average Bonchev–Trinajstić information content (AvgIpc) is 2.33. The smallest absolute Gasteiger partial charge is 0.140 e. The fraction of sp³-hybridized carbons (Fsp3) is 0.538. The summed E-state index contributed by atoms with van der Waals surface area (Å²) in [6.45, 7) is 5.66. The van der Waals surface area contributed by atoms with Gasteiger partial charge in [-0.15, -0.1) is 0 Å². The fourth-order valence-corrected chi connectivity index (χ4v) is 2.32. The van der Waals surface area contributed by atoms with Crippen LogP contribution in [0.1, 0.15) is 32.4 Å². The van der Waals surface area contributed by atoms with Crippen molar-refractivity contribution in [2.24, 2.45) is 5.92 Å². The van der Waals surface area contributed by atoms with E-state index in [1.165, 1.54) is 12.8 Å². The number of piperidine rings is 1. The molecule has 2 rings (SSSR count). The molecule has 2 atom stereocenters. The summed E-state index contributed by atoms with van der Waals surface area (Å²) in [6, 6.07) is 6.40. The van der Waals surface area contributed by atoms with Crippen molar-refractivity contribution in [3.63, 3.8) is 0 Å². The molecule has 1 fully saturated rings. The molecule has 0 bridgehead atoms. The van der Waals surface area contributed by atoms with Crippen molar-refractivity contribution in [3.05, 3.63) is 24.0 Å². The van der Waals surface area contributed by atoms with Crippen LogP contribution in [0.2, 0.25) is 0 Å². The van der Waals surface area contributed by atoms with Gasteiger partial charge in [-0.25, -0.2) is 4.98 Å². The van der Waals surface area contributed by atoms with Gasteiger partial charge in [0.25, 0.3) is 0 Å². The molecule has 1 aliphatic rings. The minimum absolute atomic E-state index is 0.487. The molecule has 0 aliphatic carbocycles. The number of rotatable bonds is 1. The maximum atomic E-state index is 8.71. The van der Waals surface area contributed by atoms with Crippen LogP contribution < -0.4 is 4.90 Å². The third-order valence-corrected chi connectivity index (χ3v) is 3.57. The summed E-state index contributed by atoms with van der Waals surface area (Å²) in [5.41, 5.74) is 1.62. The highest BCUT2D eigenvalue weighted by atomic mass is 15.2. The third-order valence-electron chi connectivity index (χ3n) is 3.57. The van der Waals surface area contributed by atoms with Crippen molar-refractivity contribution in [1.82, 2.24) is 4.98 Å². The van der Waals surface area contributed by atoms with E-state index in [-0.39, 0.29) is 0 Å². The number of nitrogens with zero attached hydrogens (tertiary/aromatic N) is 3. The summed E-state index contributed by atoms with van der Waals surface area (Å²) in [6.07, 6.45) is 4.36. The van der Waals surface area contributed by atoms with Crippen LogP contribution in [-0.2, 0) is 0 Å². The second kappa shape index (κ2) is 4.52. The van der Waals surface area contributed by atoms with Gasteiger partial charge in [0.05, 0.1) is 11.9 Å². The minimum atomic E-state index is 0.487. The molecule has 0 N–H and O–H groups in total. The molecule has 1 aromatic rings. The van der Waals surface area contributed by atoms with Crippen LogP contribution in [0.15, 0.2) is 18.3 Å². The molecule has 0 radical (unpaired) electrons. The van der Waals surface area contributed by atoms with Gasteiger partial charge in [-0.2, -0.15) is 5.26 Å². The SMILES string of the molecule is CC1CCCN(c2ccc(C#N)nc2)C1C. The van der Waals surface area contributed by atoms with Crippen LogP contribution in [0.25, 0.3) is 0 Å². The molecule has 2 unspecified atom stereocenters. The van der Waals surface area contributed by atoms with E-state index in [0.29, 0.717) is 11.7 Å². The van der Waals surface area contributed by atoms with Gasteiger partial charge in [-0.3, -0.25) is 0 Å². The van der Waals surface area contributed by atoms with Crippen molar-refractivity contribution < 1.29 is 0 Å². The number of hydrogen-bond donors (Lipinski definition) is 0. The Bertz CT molecular complexity index is 391. The van der Waals surface area contributed by atoms with Gasteiger partial charge in [-0.1, -0.05) is 6.92 Å². The molecule has 3 heteroatoms. The Labute approximate surface area is 96.7 Å². The lowest BCUT2D eigenvalue weighted by atomic mass is 9.92. The molecular formula is C13H17N3. The summed E-state index contributed by atoms with van der Waals surface area (Å²) in [5, 5.41) is 8.71. The van der Waals surface area contributed by atoms with E-state index in [1.54, 1.807) is 6.07 Å². The van der Waals surface area contributed by atoms with Crippen LogP contribution in [0, 0.1) is 17.2 Å². The number of anilines is 1. The highest BCUT2D eigenvalue weighted by Gasteiger charge is 2.24. The number of nitriles is 1. The largest absolute Gasteiger partial charge is 0.367 e. The quantitative estimate of drug-likeness (QED) is 0.723. The molecule has 0 aromatic carbocycles. The summed E-state index contributed by atoms with van der Waals surface area (Å²) in [7, 11) is 0. The number of pyridine rings is 1. The molecule has 84 valence electrons. The summed E-state index contributed by atoms with van der Waals surface area (Å²) >= 11 is 0. The standard InChI is InChI=1S/C13H17N3/c1-10-4-3-7-16(11(10)2)13-6-5-12(8-14)15-9-13/h5-6,9-11H,3-4,7H2,1-2H3. The van der Waals surface area contributed by atoms with Gasteiger partial charge in [0.15, 0.2) is 0 Å². The molecular weight excluding hydrogens is 198 g/mol. The molecule has 1 aliphatic heterocycles. The summed E-state index contributed by atoms with van der Waals surface area (Å²) in [5.74, 6) is 0.726. The Kier molecular flexibility index (Phi) is 3.09. The Hall–Kier alpha value is -1.56. The van der Waals surface area contributed by atoms with Crippen LogP contribution in [0.5, 0.6) is 0 Å². The van der Waals surface area contributed by atoms with Gasteiger partial charge >= 0.3 is 0 Å². The Morgan fingerprint density at radius 1 is 1.44 bits per heavy atom. The zero-order valence-corrected chi connectivity index (χ0v) is 9.85. The molecule has 0 spiro atoms. The van der Waals surface area contributed by atoms with Crippen LogP contribution in [0.4, 0.5) is 5.69 Å². The van der Waals surface area contributed by atoms with Crippen molar-refractivity contribution in [1.29, 1.82) is 5.26 Å². The lowest BCUT2D eigenvalue weighted by molar-refractivity contribution is 0.363. The maximum Gasteiger partial charge on any atom is 0.140 e. The van der Waals surface area contributed by atoms with Gasteiger partial charge in [0.2, 0.25) is 0 Å². The summed E-state index contributed by atoms with van der Waals surface area (Å²) in [4.78, 5) is 6.52. The van der Waals surface area contributed by atoms with Crippen LogP contribution in [-0.4, -0.2) is 17.6 Å². The van der Waals surface area contributed by atoms with E-state index in [0.717, 1.165) is 18.2 Å². The topological polar surface area (TPSA) is 39.9 Å².